The molecule has 0 atom stereocenters. The van der Waals surface area contributed by atoms with Crippen LogP contribution in [0, 0.1) is 0 Å². The molecule has 0 saturated heterocycles. The normalized spacial score (nSPS) is 18.6. The first-order chi connectivity index (χ1) is 8.64. The average molecular weight is 251 g/mol. The molecule has 1 saturated carbocycles. The van der Waals surface area contributed by atoms with Gasteiger partial charge in [0.25, 0.3) is 5.88 Å². The molecule has 0 amide bonds. The Morgan fingerprint density at radius 3 is 2.83 bits per heavy atom. The predicted molar refractivity (Wildman–Crippen MR) is 69.7 cm³/mol. The summed E-state index contributed by atoms with van der Waals surface area (Å²) in [6.07, 6.45) is 8.69. The molecule has 0 aliphatic heterocycles. The number of rotatable bonds is 4. The zero-order chi connectivity index (χ0) is 13.0. The van der Waals surface area contributed by atoms with Crippen LogP contribution in [0.4, 0.5) is 0 Å². The van der Waals surface area contributed by atoms with E-state index in [1.165, 1.54) is 6.42 Å². The largest absolute Gasteiger partial charge is 0.472 e. The van der Waals surface area contributed by atoms with Gasteiger partial charge in [-0.15, -0.1) is 0 Å². The molecule has 0 unspecified atom stereocenters. The molecule has 100 valence electrons. The van der Waals surface area contributed by atoms with Gasteiger partial charge in [0, 0.05) is 18.9 Å². The molecule has 1 aliphatic rings. The predicted octanol–water partition coefficient (Wildman–Crippen LogP) is 1.30. The van der Waals surface area contributed by atoms with Crippen LogP contribution in [-0.2, 0) is 6.54 Å². The van der Waals surface area contributed by atoms with Crippen molar-refractivity contribution < 1.29 is 4.74 Å². The molecule has 0 radical (unpaired) electrons. The van der Waals surface area contributed by atoms with Crippen LogP contribution >= 0.6 is 0 Å². The van der Waals surface area contributed by atoms with Crippen molar-refractivity contribution in [1.82, 2.24) is 9.55 Å². The summed E-state index contributed by atoms with van der Waals surface area (Å²) in [5.41, 5.74) is 5.79. The van der Waals surface area contributed by atoms with Crippen molar-refractivity contribution in [2.75, 3.05) is 6.61 Å². The lowest BCUT2D eigenvalue weighted by Crippen LogP contribution is -2.47. The first-order valence-electron chi connectivity index (χ1n) is 6.62. The highest BCUT2D eigenvalue weighted by molar-refractivity contribution is 5.05. The fourth-order valence-corrected chi connectivity index (χ4v) is 2.39. The van der Waals surface area contributed by atoms with Gasteiger partial charge in [-0.2, -0.15) is 0 Å². The zero-order valence-corrected chi connectivity index (χ0v) is 10.9. The molecule has 5 heteroatoms. The van der Waals surface area contributed by atoms with Gasteiger partial charge in [0.1, 0.15) is 6.61 Å². The van der Waals surface area contributed by atoms with Crippen LogP contribution in [0.3, 0.4) is 0 Å². The molecule has 1 aromatic rings. The van der Waals surface area contributed by atoms with Gasteiger partial charge in [-0.25, -0.2) is 4.98 Å². The van der Waals surface area contributed by atoms with Crippen molar-refractivity contribution in [3.05, 3.63) is 22.7 Å². The van der Waals surface area contributed by atoms with E-state index in [-0.39, 0.29) is 17.0 Å². The quantitative estimate of drug-likeness (QED) is 0.875. The van der Waals surface area contributed by atoms with E-state index >= 15 is 0 Å². The Morgan fingerprint density at radius 1 is 1.44 bits per heavy atom. The first-order valence-corrected chi connectivity index (χ1v) is 6.62. The maximum absolute atomic E-state index is 11.9. The molecular formula is C13H21N3O2. The number of ether oxygens (including phenoxy) is 1. The van der Waals surface area contributed by atoms with Gasteiger partial charge >= 0.3 is 5.56 Å². The van der Waals surface area contributed by atoms with E-state index in [0.29, 0.717) is 13.2 Å². The minimum atomic E-state index is -0.292. The van der Waals surface area contributed by atoms with Crippen molar-refractivity contribution in [2.45, 2.75) is 51.1 Å². The molecule has 1 fully saturated rings. The van der Waals surface area contributed by atoms with Crippen molar-refractivity contribution in [1.29, 1.82) is 0 Å². The third kappa shape index (κ3) is 2.90. The second kappa shape index (κ2) is 5.52. The molecule has 1 aromatic heterocycles. The van der Waals surface area contributed by atoms with Gasteiger partial charge in [-0.1, -0.05) is 19.3 Å². The first kappa shape index (κ1) is 13.1. The molecule has 5 nitrogen and oxygen atoms in total. The minimum absolute atomic E-state index is 0.162. The van der Waals surface area contributed by atoms with Crippen LogP contribution in [0.15, 0.2) is 17.2 Å². The summed E-state index contributed by atoms with van der Waals surface area (Å²) in [4.78, 5) is 15.9. The summed E-state index contributed by atoms with van der Waals surface area (Å²) in [7, 11) is 0. The molecule has 0 bridgehead atoms. The van der Waals surface area contributed by atoms with E-state index in [2.05, 4.69) is 4.98 Å². The summed E-state index contributed by atoms with van der Waals surface area (Å²) >= 11 is 0. The van der Waals surface area contributed by atoms with E-state index in [1.807, 2.05) is 6.92 Å². The number of aromatic nitrogens is 2. The second-order valence-electron chi connectivity index (χ2n) is 5.04. The fraction of sp³-hybridized carbons (Fsp3) is 0.692. The Hall–Kier alpha value is -1.36. The van der Waals surface area contributed by atoms with E-state index in [9.17, 15) is 4.79 Å². The van der Waals surface area contributed by atoms with Crippen LogP contribution in [0.1, 0.15) is 39.0 Å². The summed E-state index contributed by atoms with van der Waals surface area (Å²) < 4.78 is 7.13. The van der Waals surface area contributed by atoms with E-state index in [4.69, 9.17) is 10.5 Å². The highest BCUT2D eigenvalue weighted by Gasteiger charge is 2.28. The second-order valence-corrected chi connectivity index (χ2v) is 5.04. The van der Waals surface area contributed by atoms with Crippen LogP contribution in [-0.4, -0.2) is 21.7 Å². The van der Waals surface area contributed by atoms with Crippen LogP contribution in [0.2, 0.25) is 0 Å². The lowest BCUT2D eigenvalue weighted by Gasteiger charge is -2.32. The SMILES string of the molecule is CCn1ccnc(OCC2(N)CCCCC2)c1=O. The highest BCUT2D eigenvalue weighted by Crippen LogP contribution is 2.26. The van der Waals surface area contributed by atoms with Crippen LogP contribution in [0.25, 0.3) is 0 Å². The topological polar surface area (TPSA) is 70.1 Å². The summed E-state index contributed by atoms with van der Waals surface area (Å²) in [6.45, 7) is 2.91. The van der Waals surface area contributed by atoms with Crippen LogP contribution < -0.4 is 16.0 Å². The summed E-state index contributed by atoms with van der Waals surface area (Å²) in [5, 5.41) is 0. The highest BCUT2D eigenvalue weighted by atomic mass is 16.5. The molecule has 2 N–H and O–H groups in total. The number of nitrogens with two attached hydrogens (primary N) is 1. The molecule has 2 rings (SSSR count). The monoisotopic (exact) mass is 251 g/mol. The van der Waals surface area contributed by atoms with Gasteiger partial charge in [-0.3, -0.25) is 4.79 Å². The number of aryl methyl sites for hydroxylation is 1. The Morgan fingerprint density at radius 2 is 2.17 bits per heavy atom. The molecule has 18 heavy (non-hydrogen) atoms. The van der Waals surface area contributed by atoms with E-state index < -0.39 is 0 Å². The Labute approximate surface area is 107 Å². The van der Waals surface area contributed by atoms with Gasteiger partial charge in [0.05, 0.1) is 5.54 Å². The zero-order valence-electron chi connectivity index (χ0n) is 10.9. The van der Waals surface area contributed by atoms with E-state index in [1.54, 1.807) is 17.0 Å². The van der Waals surface area contributed by atoms with Gasteiger partial charge < -0.3 is 15.0 Å². The molecule has 1 heterocycles. The fourth-order valence-electron chi connectivity index (χ4n) is 2.39. The van der Waals surface area contributed by atoms with Crippen LogP contribution in [0.5, 0.6) is 5.88 Å². The standard InChI is InChI=1S/C13H21N3O2/c1-2-16-9-8-15-11(12(16)17)18-10-13(14)6-4-3-5-7-13/h8-9H,2-7,10,14H2,1H3. The van der Waals surface area contributed by atoms with Crippen molar-refractivity contribution in [3.63, 3.8) is 0 Å². The van der Waals surface area contributed by atoms with Gasteiger partial charge in [0.2, 0.25) is 0 Å². The maximum atomic E-state index is 11.9. The lowest BCUT2D eigenvalue weighted by molar-refractivity contribution is 0.166. The average Bonchev–Trinajstić information content (AvgIpc) is 2.38. The Kier molecular flexibility index (Phi) is 4.01. The molecule has 1 aliphatic carbocycles. The Balaban J connectivity index is 2.04. The Bertz CT molecular complexity index is 450. The molecule has 0 spiro atoms. The third-order valence-electron chi connectivity index (χ3n) is 3.57. The van der Waals surface area contributed by atoms with Crippen molar-refractivity contribution in [3.8, 4) is 5.88 Å². The maximum Gasteiger partial charge on any atom is 0.313 e. The molecular weight excluding hydrogens is 230 g/mol. The summed E-state index contributed by atoms with van der Waals surface area (Å²) in [6, 6.07) is 0. The lowest BCUT2D eigenvalue weighted by atomic mass is 9.83. The third-order valence-corrected chi connectivity index (χ3v) is 3.57. The van der Waals surface area contributed by atoms with Gasteiger partial charge in [-0.05, 0) is 19.8 Å². The molecule has 0 aromatic carbocycles. The minimum Gasteiger partial charge on any atom is -0.472 e. The number of hydrogen-bond donors (Lipinski definition) is 1. The smallest absolute Gasteiger partial charge is 0.313 e. The van der Waals surface area contributed by atoms with Crippen molar-refractivity contribution in [2.24, 2.45) is 5.73 Å². The van der Waals surface area contributed by atoms with Gasteiger partial charge in [0.15, 0.2) is 0 Å². The van der Waals surface area contributed by atoms with Crippen molar-refractivity contribution >= 4 is 0 Å². The van der Waals surface area contributed by atoms with E-state index in [0.717, 1.165) is 25.7 Å². The number of nitrogens with zero attached hydrogens (tertiary/aromatic N) is 2. The number of hydrogen-bond acceptors (Lipinski definition) is 4. The summed E-state index contributed by atoms with van der Waals surface area (Å²) in [5.74, 6) is 0.162.